The Bertz CT molecular complexity index is 1230. The van der Waals surface area contributed by atoms with Gasteiger partial charge in [-0.05, 0) is 73.5 Å². The largest absolute Gasteiger partial charge is 0.487 e. The quantitative estimate of drug-likeness (QED) is 0.490. The summed E-state index contributed by atoms with van der Waals surface area (Å²) in [6.45, 7) is 4.39. The number of hydrogen-bond acceptors (Lipinski definition) is 4. The molecule has 2 aromatic carbocycles. The van der Waals surface area contributed by atoms with Crippen LogP contribution < -0.4 is 15.0 Å². The van der Waals surface area contributed by atoms with Crippen LogP contribution in [-0.2, 0) is 6.61 Å². The first-order valence-corrected chi connectivity index (χ1v) is 10.2. The van der Waals surface area contributed by atoms with Gasteiger partial charge in [0.1, 0.15) is 18.0 Å². The van der Waals surface area contributed by atoms with Crippen LogP contribution in [0.1, 0.15) is 27.2 Å². The van der Waals surface area contributed by atoms with Gasteiger partial charge in [0.2, 0.25) is 0 Å². The van der Waals surface area contributed by atoms with E-state index >= 15 is 0 Å². The van der Waals surface area contributed by atoms with E-state index in [1.165, 1.54) is 0 Å². The Morgan fingerprint density at radius 1 is 1.06 bits per heavy atom. The van der Waals surface area contributed by atoms with Crippen molar-refractivity contribution in [2.45, 2.75) is 20.5 Å². The number of carbonyl (C=O) groups excluding carboxylic acids is 1. The lowest BCUT2D eigenvalue weighted by Gasteiger charge is -2.15. The van der Waals surface area contributed by atoms with E-state index in [2.05, 4.69) is 10.3 Å². The summed E-state index contributed by atoms with van der Waals surface area (Å²) in [7, 11) is 3.99. The molecule has 4 aromatic rings. The Morgan fingerprint density at radius 2 is 1.84 bits per heavy atom. The number of pyridine rings is 1. The maximum absolute atomic E-state index is 12.6. The number of nitrogens with one attached hydrogen (secondary N) is 1. The van der Waals surface area contributed by atoms with Crippen LogP contribution in [0.25, 0.3) is 5.65 Å². The van der Waals surface area contributed by atoms with Gasteiger partial charge in [0.15, 0.2) is 0 Å². The summed E-state index contributed by atoms with van der Waals surface area (Å²) in [5.74, 6) is 0.542. The van der Waals surface area contributed by atoms with Crippen LogP contribution in [0.2, 0.25) is 0 Å². The molecule has 0 fully saturated rings. The van der Waals surface area contributed by atoms with Crippen molar-refractivity contribution in [1.82, 2.24) is 9.38 Å². The molecular weight excluding hydrogens is 388 g/mol. The lowest BCUT2D eigenvalue weighted by Crippen LogP contribution is -2.14. The highest BCUT2D eigenvalue weighted by molar-refractivity contribution is 6.04. The van der Waals surface area contributed by atoms with Gasteiger partial charge in [-0.3, -0.25) is 4.79 Å². The number of aromatic nitrogens is 2. The van der Waals surface area contributed by atoms with Crippen molar-refractivity contribution in [2.75, 3.05) is 24.3 Å². The Labute approximate surface area is 182 Å². The van der Waals surface area contributed by atoms with Gasteiger partial charge >= 0.3 is 0 Å². The van der Waals surface area contributed by atoms with Crippen molar-refractivity contribution in [3.05, 3.63) is 89.4 Å². The summed E-state index contributed by atoms with van der Waals surface area (Å²) < 4.78 is 7.85. The standard InChI is InChI=1S/C25H26N4O2/c1-17-6-5-13-29-15-20(26-24(17)29)16-31-22-10-7-19(8-11-22)25(30)27-23-12-9-21(28(3)4)14-18(23)2/h5-15H,16H2,1-4H3,(H,27,30). The maximum atomic E-state index is 12.6. The van der Waals surface area contributed by atoms with Crippen LogP contribution in [0.5, 0.6) is 5.75 Å². The van der Waals surface area contributed by atoms with Crippen molar-refractivity contribution in [3.63, 3.8) is 0 Å². The first-order valence-electron chi connectivity index (χ1n) is 10.2. The molecule has 6 nitrogen and oxygen atoms in total. The Kier molecular flexibility index (Phi) is 5.62. The zero-order valence-electron chi connectivity index (χ0n) is 18.2. The number of carbonyl (C=O) groups is 1. The number of aryl methyl sites for hydroxylation is 2. The Hall–Kier alpha value is -3.80. The van der Waals surface area contributed by atoms with Gasteiger partial charge in [-0.15, -0.1) is 0 Å². The van der Waals surface area contributed by atoms with Crippen LogP contribution in [0, 0.1) is 13.8 Å². The van der Waals surface area contributed by atoms with Gasteiger partial charge < -0.3 is 19.4 Å². The molecule has 0 saturated heterocycles. The number of fused-ring (bicyclic) bond motifs is 1. The molecular formula is C25H26N4O2. The molecule has 1 amide bonds. The van der Waals surface area contributed by atoms with Crippen molar-refractivity contribution >= 4 is 22.9 Å². The van der Waals surface area contributed by atoms with Crippen molar-refractivity contribution in [3.8, 4) is 5.75 Å². The van der Waals surface area contributed by atoms with Gasteiger partial charge in [0, 0.05) is 43.4 Å². The highest BCUT2D eigenvalue weighted by Gasteiger charge is 2.10. The molecule has 0 bridgehead atoms. The van der Waals surface area contributed by atoms with Crippen molar-refractivity contribution in [2.24, 2.45) is 0 Å². The van der Waals surface area contributed by atoms with Crippen LogP contribution >= 0.6 is 0 Å². The molecule has 0 aliphatic heterocycles. The summed E-state index contributed by atoms with van der Waals surface area (Å²) in [5.41, 5.74) is 6.40. The minimum Gasteiger partial charge on any atom is -0.487 e. The van der Waals surface area contributed by atoms with Crippen LogP contribution in [0.15, 0.2) is 67.0 Å². The number of ether oxygens (including phenoxy) is 1. The Morgan fingerprint density at radius 3 is 2.52 bits per heavy atom. The zero-order chi connectivity index (χ0) is 22.0. The fraction of sp³-hybridized carbons (Fsp3) is 0.200. The van der Waals surface area contributed by atoms with Gasteiger partial charge in [0.25, 0.3) is 5.91 Å². The van der Waals surface area contributed by atoms with Crippen molar-refractivity contribution in [1.29, 1.82) is 0 Å². The molecule has 0 atom stereocenters. The third kappa shape index (κ3) is 4.53. The van der Waals surface area contributed by atoms with Crippen LogP contribution in [0.3, 0.4) is 0 Å². The minimum absolute atomic E-state index is 0.150. The molecule has 2 heterocycles. The van der Waals surface area contributed by atoms with E-state index in [-0.39, 0.29) is 5.91 Å². The van der Waals surface area contributed by atoms with Gasteiger partial charge in [-0.25, -0.2) is 4.98 Å². The van der Waals surface area contributed by atoms with E-state index in [0.717, 1.165) is 33.8 Å². The topological polar surface area (TPSA) is 58.9 Å². The molecule has 0 unspecified atom stereocenters. The number of imidazole rings is 1. The second-order valence-corrected chi connectivity index (χ2v) is 7.82. The molecule has 4 rings (SSSR count). The number of anilines is 2. The number of rotatable bonds is 6. The predicted octanol–water partition coefficient (Wildman–Crippen LogP) is 4.85. The average molecular weight is 415 g/mol. The van der Waals surface area contributed by atoms with E-state index in [9.17, 15) is 4.79 Å². The maximum Gasteiger partial charge on any atom is 0.255 e. The van der Waals surface area contributed by atoms with E-state index in [0.29, 0.717) is 17.9 Å². The first-order chi connectivity index (χ1) is 14.9. The molecule has 0 aliphatic rings. The lowest BCUT2D eigenvalue weighted by molar-refractivity contribution is 0.102. The number of amides is 1. The Balaban J connectivity index is 1.39. The van der Waals surface area contributed by atoms with Crippen molar-refractivity contribution < 1.29 is 9.53 Å². The smallest absolute Gasteiger partial charge is 0.255 e. The van der Waals surface area contributed by atoms with E-state index in [1.807, 2.05) is 80.0 Å². The van der Waals surface area contributed by atoms with Gasteiger partial charge in [-0.1, -0.05) is 6.07 Å². The molecule has 158 valence electrons. The summed E-state index contributed by atoms with van der Waals surface area (Å²) in [5, 5.41) is 2.98. The molecule has 0 aliphatic carbocycles. The first kappa shape index (κ1) is 20.5. The highest BCUT2D eigenvalue weighted by Crippen LogP contribution is 2.22. The average Bonchev–Trinajstić information content (AvgIpc) is 3.18. The fourth-order valence-corrected chi connectivity index (χ4v) is 3.39. The van der Waals surface area contributed by atoms with Crippen LogP contribution in [-0.4, -0.2) is 29.4 Å². The molecule has 0 radical (unpaired) electrons. The van der Waals surface area contributed by atoms with Crippen LogP contribution in [0.4, 0.5) is 11.4 Å². The molecule has 6 heteroatoms. The summed E-state index contributed by atoms with van der Waals surface area (Å²) >= 11 is 0. The SMILES string of the molecule is Cc1cc(N(C)C)ccc1NC(=O)c1ccc(OCc2cn3cccc(C)c3n2)cc1. The van der Waals surface area contributed by atoms with Gasteiger partial charge in [-0.2, -0.15) is 0 Å². The van der Waals surface area contributed by atoms with Gasteiger partial charge in [0.05, 0.1) is 5.69 Å². The molecule has 1 N–H and O–H groups in total. The lowest BCUT2D eigenvalue weighted by atomic mass is 10.1. The number of hydrogen-bond donors (Lipinski definition) is 1. The molecule has 0 spiro atoms. The third-order valence-electron chi connectivity index (χ3n) is 5.21. The monoisotopic (exact) mass is 414 g/mol. The number of benzene rings is 2. The van der Waals surface area contributed by atoms with E-state index < -0.39 is 0 Å². The summed E-state index contributed by atoms with van der Waals surface area (Å²) in [6.07, 6.45) is 3.94. The molecule has 2 aromatic heterocycles. The third-order valence-corrected chi connectivity index (χ3v) is 5.21. The normalized spacial score (nSPS) is 10.8. The molecule has 31 heavy (non-hydrogen) atoms. The minimum atomic E-state index is -0.150. The van der Waals surface area contributed by atoms with E-state index in [4.69, 9.17) is 4.74 Å². The molecule has 0 saturated carbocycles. The predicted molar refractivity (Wildman–Crippen MR) is 124 cm³/mol. The zero-order valence-corrected chi connectivity index (χ0v) is 18.2. The summed E-state index contributed by atoms with van der Waals surface area (Å²) in [4.78, 5) is 19.3. The highest BCUT2D eigenvalue weighted by atomic mass is 16.5. The number of nitrogens with zero attached hydrogens (tertiary/aromatic N) is 3. The second-order valence-electron chi connectivity index (χ2n) is 7.82. The summed E-state index contributed by atoms with van der Waals surface area (Å²) in [6, 6.07) is 17.1. The fourth-order valence-electron chi connectivity index (χ4n) is 3.39. The second kappa shape index (κ2) is 8.52. The van der Waals surface area contributed by atoms with E-state index in [1.54, 1.807) is 24.3 Å².